The summed E-state index contributed by atoms with van der Waals surface area (Å²) in [6, 6.07) is 0. The first kappa shape index (κ1) is 38.7. The molecular weight excluding hydrogens is 672 g/mol. The van der Waals surface area contributed by atoms with Gasteiger partial charge in [0.05, 0.1) is 67.6 Å². The number of rotatable bonds is 3. The van der Waals surface area contributed by atoms with E-state index in [0.717, 1.165) is 30.4 Å². The first-order valence-electron chi connectivity index (χ1n) is 19.9. The summed E-state index contributed by atoms with van der Waals surface area (Å²) in [7, 11) is 0. The number of hydrogen-bond acceptors (Lipinski definition) is 12. The molecule has 8 bridgehead atoms. The van der Waals surface area contributed by atoms with Crippen LogP contribution < -0.4 is 0 Å². The minimum atomic E-state index is -1.08. The maximum absolute atomic E-state index is 13.8. The molecule has 0 radical (unpaired) electrons. The van der Waals surface area contributed by atoms with Crippen molar-refractivity contribution in [3.8, 4) is 0 Å². The normalized spacial score (nSPS) is 48.4. The number of carbonyl (C=O) groups is 2. The van der Waals surface area contributed by atoms with Gasteiger partial charge in [-0.05, 0) is 73.8 Å². The molecule has 7 saturated heterocycles. The smallest absolute Gasteiger partial charge is 0.135 e. The van der Waals surface area contributed by atoms with E-state index in [1.165, 1.54) is 0 Å². The number of Topliss-reactive ketones (excluding diaryl/α,β-unsaturated/α-hetero) is 2. The molecule has 0 aromatic rings. The fourth-order valence-electron chi connectivity index (χ4n) is 10.1. The number of aliphatic hydroxyl groups is 4. The second kappa shape index (κ2) is 16.3. The van der Waals surface area contributed by atoms with E-state index in [9.17, 15) is 30.0 Å². The van der Waals surface area contributed by atoms with Crippen molar-refractivity contribution in [2.24, 2.45) is 17.8 Å². The molecule has 0 aliphatic carbocycles. The van der Waals surface area contributed by atoms with Crippen molar-refractivity contribution in [2.45, 2.75) is 189 Å². The molecule has 52 heavy (non-hydrogen) atoms. The van der Waals surface area contributed by atoms with Crippen molar-refractivity contribution in [3.05, 3.63) is 24.3 Å². The summed E-state index contributed by atoms with van der Waals surface area (Å²) in [6.07, 6.45) is -1.85. The zero-order chi connectivity index (χ0) is 36.8. The van der Waals surface area contributed by atoms with Crippen LogP contribution in [0.3, 0.4) is 0 Å². The lowest BCUT2D eigenvalue weighted by Gasteiger charge is -2.46. The predicted octanol–water partition coefficient (Wildman–Crippen LogP) is 2.89. The van der Waals surface area contributed by atoms with Crippen molar-refractivity contribution < 1.29 is 58.4 Å². The topological polar surface area (TPSA) is 170 Å². The first-order chi connectivity index (χ1) is 24.9. The van der Waals surface area contributed by atoms with Crippen LogP contribution in [0.5, 0.6) is 0 Å². The van der Waals surface area contributed by atoms with Gasteiger partial charge in [-0.2, -0.15) is 0 Å². The molecule has 292 valence electrons. The Morgan fingerprint density at radius 1 is 0.692 bits per heavy atom. The van der Waals surface area contributed by atoms with E-state index in [0.29, 0.717) is 32.1 Å². The summed E-state index contributed by atoms with van der Waals surface area (Å²) in [5, 5.41) is 42.5. The molecule has 7 aliphatic heterocycles. The Labute approximate surface area is 307 Å². The number of ether oxygens (including phenoxy) is 6. The molecule has 3 unspecified atom stereocenters. The highest BCUT2D eigenvalue weighted by Gasteiger charge is 2.57. The molecule has 4 N–H and O–H groups in total. The highest BCUT2D eigenvalue weighted by atomic mass is 16.6. The molecule has 0 saturated carbocycles. The van der Waals surface area contributed by atoms with Crippen LogP contribution in [0.2, 0.25) is 0 Å². The zero-order valence-electron chi connectivity index (χ0n) is 30.8. The van der Waals surface area contributed by atoms with Crippen LogP contribution in [0.4, 0.5) is 0 Å². The molecule has 0 spiro atoms. The van der Waals surface area contributed by atoms with Crippen LogP contribution >= 0.6 is 0 Å². The average Bonchev–Trinajstić information content (AvgIpc) is 3.73. The maximum atomic E-state index is 13.8. The van der Waals surface area contributed by atoms with Gasteiger partial charge in [0, 0.05) is 38.5 Å². The lowest BCUT2D eigenvalue weighted by atomic mass is 9.79. The van der Waals surface area contributed by atoms with Gasteiger partial charge in [0.1, 0.15) is 42.1 Å². The van der Waals surface area contributed by atoms with Crippen molar-refractivity contribution in [3.63, 3.8) is 0 Å². The fraction of sp³-hybridized carbons (Fsp3) is 0.850. The third-order valence-corrected chi connectivity index (χ3v) is 13.3. The third-order valence-electron chi connectivity index (χ3n) is 13.3. The summed E-state index contributed by atoms with van der Waals surface area (Å²) in [5.74, 6) is 0.0495. The second-order valence-corrected chi connectivity index (χ2v) is 17.0. The molecular formula is C40H60O12. The number of carbonyl (C=O) groups excluding carboxylic acids is 2. The third kappa shape index (κ3) is 8.17. The molecule has 0 aromatic carbocycles. The number of fused-ring (bicyclic) bond motifs is 7. The number of ketones is 2. The van der Waals surface area contributed by atoms with E-state index in [1.54, 1.807) is 0 Å². The Bertz CT molecular complexity index is 1320. The van der Waals surface area contributed by atoms with Crippen molar-refractivity contribution in [1.82, 2.24) is 0 Å². The molecule has 18 atom stereocenters. The minimum Gasteiger partial charge on any atom is -0.394 e. The fourth-order valence-corrected chi connectivity index (χ4v) is 10.1. The van der Waals surface area contributed by atoms with Crippen LogP contribution in [0.25, 0.3) is 0 Å². The molecule has 7 rings (SSSR count). The van der Waals surface area contributed by atoms with Gasteiger partial charge in [0.25, 0.3) is 0 Å². The Morgan fingerprint density at radius 3 is 2.19 bits per heavy atom. The monoisotopic (exact) mass is 732 g/mol. The summed E-state index contributed by atoms with van der Waals surface area (Å²) in [5.41, 5.74) is 2.04. The minimum absolute atomic E-state index is 0.00785. The van der Waals surface area contributed by atoms with Gasteiger partial charge in [-0.1, -0.05) is 27.0 Å². The molecule has 7 aliphatic rings. The summed E-state index contributed by atoms with van der Waals surface area (Å²) in [4.78, 5) is 26.9. The highest BCUT2D eigenvalue weighted by molar-refractivity contribution is 5.79. The van der Waals surface area contributed by atoms with Crippen LogP contribution in [0.15, 0.2) is 24.3 Å². The van der Waals surface area contributed by atoms with Gasteiger partial charge in [-0.15, -0.1) is 0 Å². The molecule has 12 nitrogen and oxygen atoms in total. The van der Waals surface area contributed by atoms with E-state index >= 15 is 0 Å². The van der Waals surface area contributed by atoms with E-state index in [1.807, 2.05) is 0 Å². The molecule has 12 heteroatoms. The van der Waals surface area contributed by atoms with Crippen LogP contribution in [-0.2, 0) is 38.0 Å². The van der Waals surface area contributed by atoms with Crippen LogP contribution in [-0.4, -0.2) is 130 Å². The maximum Gasteiger partial charge on any atom is 0.135 e. The molecule has 7 heterocycles. The lowest BCUT2D eigenvalue weighted by molar-refractivity contribution is -0.259. The van der Waals surface area contributed by atoms with Crippen LogP contribution in [0.1, 0.15) is 97.3 Å². The molecule has 7 fully saturated rings. The zero-order valence-corrected chi connectivity index (χ0v) is 30.8. The summed E-state index contributed by atoms with van der Waals surface area (Å²) in [6.45, 7) is 12.6. The Morgan fingerprint density at radius 2 is 1.40 bits per heavy atom. The largest absolute Gasteiger partial charge is 0.394 e. The number of hydrogen-bond donors (Lipinski definition) is 4. The first-order valence-corrected chi connectivity index (χ1v) is 19.9. The quantitative estimate of drug-likeness (QED) is 0.314. The van der Waals surface area contributed by atoms with Gasteiger partial charge in [-0.3, -0.25) is 9.59 Å². The Kier molecular flexibility index (Phi) is 12.1. The van der Waals surface area contributed by atoms with Gasteiger partial charge in [0.15, 0.2) is 0 Å². The van der Waals surface area contributed by atoms with Crippen LogP contribution in [0, 0.1) is 17.8 Å². The van der Waals surface area contributed by atoms with Gasteiger partial charge in [0.2, 0.25) is 0 Å². The van der Waals surface area contributed by atoms with Crippen molar-refractivity contribution in [2.75, 3.05) is 6.61 Å². The summed E-state index contributed by atoms with van der Waals surface area (Å²) >= 11 is 0. The van der Waals surface area contributed by atoms with Gasteiger partial charge in [-0.25, -0.2) is 0 Å². The van der Waals surface area contributed by atoms with E-state index in [2.05, 4.69) is 27.0 Å². The SMILES string of the molecule is C=C1C[C@@H]2CCC(=O)CC3O[C@H]4[C@@H](O)[C@H]5OC(CC[C@@H]5O[C@H]4[C@H]3O)CC(=O)C[C@@H]3[C@@H](C)[C@@H](C[C@H](O)CO)O[C@H]3C[C@H]3OC(CC[C@@H]1O2)C[C@@H](C)C3=C. The van der Waals surface area contributed by atoms with Gasteiger partial charge >= 0.3 is 0 Å². The summed E-state index contributed by atoms with van der Waals surface area (Å²) < 4.78 is 38.4. The highest BCUT2D eigenvalue weighted by Crippen LogP contribution is 2.44. The predicted molar refractivity (Wildman–Crippen MR) is 187 cm³/mol. The van der Waals surface area contributed by atoms with E-state index < -0.39 is 54.9 Å². The standard InChI is InChI=1S/C40H60O12/c1-19-11-27-7-9-30-20(2)12-26(47-30)6-5-23(42)15-35-36(45)39-40(52-35)37(46)38-31(51-39)10-8-28(49-38)13-24(43)14-29-22(4)32(16-25(44)18-41)50-34(29)17-33(48-27)21(19)3/h19,22,25-41,44-46H,2-3,5-18H2,1,4H3/t19-,22-,25+,26+,27?,28?,29-,30+,31+,32-,33-,34+,35?,36+,37+,38+,39+,40+/m1/s1. The Balaban J connectivity index is 1.10. The van der Waals surface area contributed by atoms with Crippen molar-refractivity contribution in [1.29, 1.82) is 0 Å². The molecule has 0 aromatic heterocycles. The van der Waals surface area contributed by atoms with Crippen molar-refractivity contribution >= 4 is 11.6 Å². The Hall–Kier alpha value is -1.58. The lowest BCUT2D eigenvalue weighted by Crippen LogP contribution is -2.61. The van der Waals surface area contributed by atoms with E-state index in [4.69, 9.17) is 28.4 Å². The number of aliphatic hydroxyl groups excluding tert-OH is 4. The van der Waals surface area contributed by atoms with Gasteiger partial charge < -0.3 is 48.8 Å². The second-order valence-electron chi connectivity index (χ2n) is 17.0. The average molecular weight is 733 g/mol. The molecule has 0 amide bonds. The van der Waals surface area contributed by atoms with E-state index in [-0.39, 0.29) is 105 Å².